The summed E-state index contributed by atoms with van der Waals surface area (Å²) < 4.78 is 5.23. The van der Waals surface area contributed by atoms with Crippen LogP contribution in [-0.4, -0.2) is 42.1 Å². The molecule has 5 nitrogen and oxygen atoms in total. The summed E-state index contributed by atoms with van der Waals surface area (Å²) in [4.78, 5) is 15.0. The number of rotatable bonds is 11. The van der Waals surface area contributed by atoms with Gasteiger partial charge in [-0.1, -0.05) is 39.8 Å². The summed E-state index contributed by atoms with van der Waals surface area (Å²) in [6.45, 7) is 16.6. The molecule has 0 spiro atoms. The van der Waals surface area contributed by atoms with Gasteiger partial charge in [0, 0.05) is 25.1 Å². The van der Waals surface area contributed by atoms with Crippen molar-refractivity contribution in [2.45, 2.75) is 67.2 Å². The van der Waals surface area contributed by atoms with Crippen LogP contribution < -0.4 is 5.32 Å². The summed E-state index contributed by atoms with van der Waals surface area (Å²) in [5, 5.41) is 7.01. The van der Waals surface area contributed by atoms with Crippen molar-refractivity contribution in [3.05, 3.63) is 17.0 Å². The minimum absolute atomic E-state index is 0.0607. The number of aryl methyl sites for hydroxylation is 1. The number of hydrogen-bond donors (Lipinski definition) is 1. The zero-order chi connectivity index (χ0) is 18.2. The summed E-state index contributed by atoms with van der Waals surface area (Å²) in [7, 11) is 0. The summed E-state index contributed by atoms with van der Waals surface area (Å²) in [6, 6.07) is 0. The molecule has 5 heteroatoms. The number of nitrogens with one attached hydrogen (secondary N) is 1. The Bertz CT molecular complexity index is 507. The van der Waals surface area contributed by atoms with Gasteiger partial charge < -0.3 is 14.7 Å². The first-order valence-corrected chi connectivity index (χ1v) is 9.36. The van der Waals surface area contributed by atoms with E-state index in [1.54, 1.807) is 0 Å². The van der Waals surface area contributed by atoms with Gasteiger partial charge in [-0.05, 0) is 44.7 Å². The van der Waals surface area contributed by atoms with Gasteiger partial charge in [-0.2, -0.15) is 0 Å². The quantitative estimate of drug-likeness (QED) is 0.667. The number of hydrogen-bond acceptors (Lipinski definition) is 4. The van der Waals surface area contributed by atoms with Gasteiger partial charge in [0.2, 0.25) is 0 Å². The highest BCUT2D eigenvalue weighted by Gasteiger charge is 2.27. The first-order chi connectivity index (χ1) is 11.4. The average Bonchev–Trinajstić information content (AvgIpc) is 2.94. The fourth-order valence-electron chi connectivity index (χ4n) is 3.02. The van der Waals surface area contributed by atoms with E-state index in [1.807, 2.05) is 13.8 Å². The molecule has 0 aromatic carbocycles. The van der Waals surface area contributed by atoms with Crippen molar-refractivity contribution < 1.29 is 9.32 Å². The minimum atomic E-state index is -0.131. The van der Waals surface area contributed by atoms with Crippen LogP contribution in [0, 0.1) is 12.3 Å². The first kappa shape index (κ1) is 20.7. The van der Waals surface area contributed by atoms with E-state index >= 15 is 0 Å². The topological polar surface area (TPSA) is 58.4 Å². The molecule has 0 fully saturated rings. The molecule has 0 aliphatic carbocycles. The Morgan fingerprint density at radius 2 is 1.83 bits per heavy atom. The second kappa shape index (κ2) is 9.82. The zero-order valence-electron chi connectivity index (χ0n) is 16.4. The van der Waals surface area contributed by atoms with Crippen LogP contribution in [0.15, 0.2) is 4.52 Å². The summed E-state index contributed by atoms with van der Waals surface area (Å²) in [5.74, 6) is 0.656. The smallest absolute Gasteiger partial charge is 0.273 e. The fraction of sp³-hybridized carbons (Fsp3) is 0.789. The molecule has 0 saturated heterocycles. The molecule has 1 atom stereocenters. The van der Waals surface area contributed by atoms with Crippen LogP contribution in [0.3, 0.4) is 0 Å². The van der Waals surface area contributed by atoms with Crippen molar-refractivity contribution >= 4 is 5.91 Å². The average molecular weight is 338 g/mol. The summed E-state index contributed by atoms with van der Waals surface area (Å²) in [6.07, 6.45) is 4.09. The highest BCUT2D eigenvalue weighted by molar-refractivity contribution is 5.93. The van der Waals surface area contributed by atoms with Crippen LogP contribution in [0.5, 0.6) is 0 Å². The van der Waals surface area contributed by atoms with Crippen molar-refractivity contribution in [2.75, 3.05) is 26.2 Å². The Morgan fingerprint density at radius 3 is 2.29 bits per heavy atom. The van der Waals surface area contributed by atoms with Gasteiger partial charge in [-0.15, -0.1) is 0 Å². The second-order valence-electron chi connectivity index (χ2n) is 7.06. The number of amides is 1. The Labute approximate surface area is 147 Å². The normalized spacial score (nSPS) is 14.0. The largest absolute Gasteiger partial charge is 0.360 e. The Kier molecular flexibility index (Phi) is 8.46. The minimum Gasteiger partial charge on any atom is -0.360 e. The van der Waals surface area contributed by atoms with E-state index in [0.29, 0.717) is 12.2 Å². The van der Waals surface area contributed by atoms with E-state index in [9.17, 15) is 4.79 Å². The third-order valence-corrected chi connectivity index (χ3v) is 4.77. The van der Waals surface area contributed by atoms with Crippen LogP contribution in [0.4, 0.5) is 0 Å². The van der Waals surface area contributed by atoms with Crippen LogP contribution in [-0.2, 0) is 6.42 Å². The Hall–Kier alpha value is -1.36. The van der Waals surface area contributed by atoms with Crippen LogP contribution in [0.1, 0.15) is 75.7 Å². The first-order valence-electron chi connectivity index (χ1n) is 9.36. The third-order valence-electron chi connectivity index (χ3n) is 4.77. The van der Waals surface area contributed by atoms with E-state index in [4.69, 9.17) is 4.52 Å². The van der Waals surface area contributed by atoms with Gasteiger partial charge in [-0.3, -0.25) is 4.79 Å². The van der Waals surface area contributed by atoms with Gasteiger partial charge in [0.15, 0.2) is 5.69 Å². The Balaban J connectivity index is 2.69. The van der Waals surface area contributed by atoms with Gasteiger partial charge in [0.05, 0.1) is 0 Å². The molecule has 0 saturated carbocycles. The van der Waals surface area contributed by atoms with E-state index in [1.165, 1.54) is 0 Å². The molecule has 0 radical (unpaired) electrons. The van der Waals surface area contributed by atoms with Gasteiger partial charge >= 0.3 is 0 Å². The maximum absolute atomic E-state index is 12.4. The molecule has 0 bridgehead atoms. The molecule has 0 aliphatic rings. The lowest BCUT2D eigenvalue weighted by Crippen LogP contribution is -2.44. The van der Waals surface area contributed by atoms with Crippen LogP contribution in [0.25, 0.3) is 0 Å². The zero-order valence-corrected chi connectivity index (χ0v) is 16.4. The molecule has 1 amide bonds. The van der Waals surface area contributed by atoms with Gasteiger partial charge in [0.25, 0.3) is 5.91 Å². The highest BCUT2D eigenvalue weighted by atomic mass is 16.5. The molecule has 1 aromatic heterocycles. The van der Waals surface area contributed by atoms with E-state index in [-0.39, 0.29) is 11.3 Å². The molecular formula is C19H35N3O2. The monoisotopic (exact) mass is 337 g/mol. The summed E-state index contributed by atoms with van der Waals surface area (Å²) >= 11 is 0. The molecule has 1 rings (SSSR count). The van der Waals surface area contributed by atoms with Crippen molar-refractivity contribution in [3.63, 3.8) is 0 Å². The number of aromatic nitrogens is 1. The number of carbonyl (C=O) groups excluding carboxylic acids is 1. The molecule has 1 N–H and O–H groups in total. The molecular weight excluding hydrogens is 302 g/mol. The maximum atomic E-state index is 12.4. The van der Waals surface area contributed by atoms with Gasteiger partial charge in [0.1, 0.15) is 5.76 Å². The molecule has 24 heavy (non-hydrogen) atoms. The highest BCUT2D eigenvalue weighted by Crippen LogP contribution is 2.22. The lowest BCUT2D eigenvalue weighted by molar-refractivity contribution is 0.0899. The fourth-order valence-corrected chi connectivity index (χ4v) is 3.02. The lowest BCUT2D eigenvalue weighted by Gasteiger charge is -2.35. The Morgan fingerprint density at radius 1 is 1.21 bits per heavy atom. The lowest BCUT2D eigenvalue weighted by atomic mass is 9.86. The van der Waals surface area contributed by atoms with Crippen molar-refractivity contribution in [1.29, 1.82) is 0 Å². The molecule has 138 valence electrons. The van der Waals surface area contributed by atoms with Crippen LogP contribution in [0.2, 0.25) is 0 Å². The van der Waals surface area contributed by atoms with E-state index in [2.05, 4.69) is 43.1 Å². The van der Waals surface area contributed by atoms with E-state index in [0.717, 1.165) is 56.6 Å². The molecule has 0 aliphatic heterocycles. The van der Waals surface area contributed by atoms with Gasteiger partial charge in [-0.25, -0.2) is 0 Å². The van der Waals surface area contributed by atoms with E-state index < -0.39 is 0 Å². The van der Waals surface area contributed by atoms with Crippen molar-refractivity contribution in [1.82, 2.24) is 15.4 Å². The van der Waals surface area contributed by atoms with Crippen molar-refractivity contribution in [2.24, 2.45) is 5.41 Å². The third kappa shape index (κ3) is 5.62. The maximum Gasteiger partial charge on any atom is 0.273 e. The molecule has 1 heterocycles. The standard InChI is InChI=1S/C19H35N3O2/c1-7-11-22(12-8-2)14-19(6,10-4)13-20-18(23)17-15(5)16(9-3)24-21-17/h7-14H2,1-6H3,(H,20,23). The predicted molar refractivity (Wildman–Crippen MR) is 98.4 cm³/mol. The SMILES string of the molecule is CCCN(CCC)CC(C)(CC)CNC(=O)c1noc(CC)c1C. The summed E-state index contributed by atoms with van der Waals surface area (Å²) in [5.41, 5.74) is 1.33. The molecule has 1 unspecified atom stereocenters. The predicted octanol–water partition coefficient (Wildman–Crippen LogP) is 3.81. The van der Waals surface area contributed by atoms with Crippen molar-refractivity contribution in [3.8, 4) is 0 Å². The van der Waals surface area contributed by atoms with Crippen LogP contribution >= 0.6 is 0 Å². The number of carbonyl (C=O) groups is 1. The molecule has 1 aromatic rings. The second-order valence-corrected chi connectivity index (χ2v) is 7.06. The number of nitrogens with zero attached hydrogens (tertiary/aromatic N) is 2.